The minimum absolute atomic E-state index is 0.0412. The molecule has 0 N–H and O–H groups in total. The van der Waals surface area contributed by atoms with Gasteiger partial charge in [0.2, 0.25) is 19.2 Å². The molecule has 10 heteroatoms. The predicted octanol–water partition coefficient (Wildman–Crippen LogP) is 5.18. The van der Waals surface area contributed by atoms with Crippen LogP contribution in [0.25, 0.3) is 11.4 Å². The van der Waals surface area contributed by atoms with Gasteiger partial charge in [0.05, 0.1) is 22.5 Å². The van der Waals surface area contributed by atoms with Gasteiger partial charge in [0.1, 0.15) is 11.4 Å². The highest BCUT2D eigenvalue weighted by molar-refractivity contribution is 6.67. The molecule has 0 atom stereocenters. The summed E-state index contributed by atoms with van der Waals surface area (Å²) >= 11 is 35.0. The Labute approximate surface area is 166 Å². The lowest BCUT2D eigenvalue weighted by Crippen LogP contribution is -2.24. The van der Waals surface area contributed by atoms with E-state index in [-0.39, 0.29) is 33.9 Å². The zero-order valence-electron chi connectivity index (χ0n) is 11.3. The summed E-state index contributed by atoms with van der Waals surface area (Å²) in [5.74, 6) is -1.46. The van der Waals surface area contributed by atoms with E-state index in [4.69, 9.17) is 69.6 Å². The topological polar surface area (TPSA) is 59.9 Å². The monoisotopic (exact) mass is 442 g/mol. The molecule has 124 valence electrons. The van der Waals surface area contributed by atoms with Gasteiger partial charge in [0, 0.05) is 0 Å². The molecular weight excluding hydrogens is 441 g/mol. The number of hydrogen-bond donors (Lipinski definition) is 0. The maximum Gasteiger partial charge on any atom is 0.235 e. The molecule has 0 fully saturated rings. The molecule has 1 aliphatic carbocycles. The number of fused-ring (bicyclic) bond motifs is 3. The number of carbonyl (C=O) groups is 2. The molecular formula is C14H4Cl6N2O2. The number of Topliss-reactive ketones (excluding diaryl/α,β-unsaturated/α-hetero) is 2. The van der Waals surface area contributed by atoms with E-state index in [0.717, 1.165) is 0 Å². The Morgan fingerprint density at radius 3 is 1.25 bits per heavy atom. The van der Waals surface area contributed by atoms with Crippen molar-refractivity contribution in [1.82, 2.24) is 9.97 Å². The number of hydrogen-bond acceptors (Lipinski definition) is 4. The minimum atomic E-state index is -1.81. The molecule has 24 heavy (non-hydrogen) atoms. The van der Waals surface area contributed by atoms with Crippen LogP contribution in [0.15, 0.2) is 24.3 Å². The van der Waals surface area contributed by atoms with Crippen LogP contribution in [0.3, 0.4) is 0 Å². The average Bonchev–Trinajstić information content (AvgIpc) is 2.49. The van der Waals surface area contributed by atoms with Crippen molar-refractivity contribution in [1.29, 1.82) is 0 Å². The lowest BCUT2D eigenvalue weighted by atomic mass is 9.90. The molecule has 0 saturated heterocycles. The highest BCUT2D eigenvalue weighted by Gasteiger charge is 2.36. The maximum atomic E-state index is 12.2. The van der Waals surface area contributed by atoms with Gasteiger partial charge < -0.3 is 0 Å². The summed E-state index contributed by atoms with van der Waals surface area (Å²) in [6.45, 7) is 0. The third kappa shape index (κ3) is 3.12. The Hall–Kier alpha value is -0.620. The van der Waals surface area contributed by atoms with Gasteiger partial charge in [0.25, 0.3) is 0 Å². The number of alkyl halides is 6. The molecule has 2 heterocycles. The number of nitrogens with zero attached hydrogens (tertiary/aromatic N) is 2. The highest BCUT2D eigenvalue weighted by atomic mass is 35.6. The van der Waals surface area contributed by atoms with Crippen LogP contribution in [0, 0.1) is 0 Å². The van der Waals surface area contributed by atoms with Gasteiger partial charge >= 0.3 is 0 Å². The van der Waals surface area contributed by atoms with Crippen LogP contribution in [0.1, 0.15) is 32.1 Å². The van der Waals surface area contributed by atoms with E-state index < -0.39 is 19.2 Å². The molecule has 0 radical (unpaired) electrons. The lowest BCUT2D eigenvalue weighted by molar-refractivity contribution is 0.0814. The number of aromatic nitrogens is 2. The summed E-state index contributed by atoms with van der Waals surface area (Å²) in [4.78, 5) is 32.8. The van der Waals surface area contributed by atoms with E-state index in [0.29, 0.717) is 0 Å². The highest BCUT2D eigenvalue weighted by Crippen LogP contribution is 2.42. The second-order valence-corrected chi connectivity index (χ2v) is 9.40. The van der Waals surface area contributed by atoms with E-state index in [9.17, 15) is 9.59 Å². The van der Waals surface area contributed by atoms with Crippen LogP contribution in [-0.4, -0.2) is 21.5 Å². The summed E-state index contributed by atoms with van der Waals surface area (Å²) < 4.78 is -3.63. The normalized spacial score (nSPS) is 14.4. The van der Waals surface area contributed by atoms with Gasteiger partial charge in [-0.15, -0.1) is 0 Å². The number of halogens is 6. The number of rotatable bonds is 0. The van der Waals surface area contributed by atoms with Crippen LogP contribution < -0.4 is 0 Å². The third-order valence-electron chi connectivity index (χ3n) is 3.29. The van der Waals surface area contributed by atoms with Gasteiger partial charge in [-0.05, 0) is 24.3 Å². The van der Waals surface area contributed by atoms with E-state index in [1.807, 2.05) is 0 Å². The van der Waals surface area contributed by atoms with E-state index in [2.05, 4.69) is 9.97 Å². The lowest BCUT2D eigenvalue weighted by Gasteiger charge is -2.20. The van der Waals surface area contributed by atoms with Crippen molar-refractivity contribution in [3.05, 3.63) is 46.8 Å². The molecule has 3 rings (SSSR count). The first kappa shape index (κ1) is 18.2. The summed E-state index contributed by atoms with van der Waals surface area (Å²) in [5.41, 5.74) is 0.406. The van der Waals surface area contributed by atoms with Crippen molar-refractivity contribution >= 4 is 81.2 Å². The van der Waals surface area contributed by atoms with Crippen LogP contribution >= 0.6 is 69.6 Å². The fraction of sp³-hybridized carbons (Fsp3) is 0.143. The first-order valence-corrected chi connectivity index (χ1v) is 8.53. The molecule has 2 aromatic heterocycles. The maximum absolute atomic E-state index is 12.2. The van der Waals surface area contributed by atoms with Crippen molar-refractivity contribution in [3.8, 4) is 11.4 Å². The third-order valence-corrected chi connectivity index (χ3v) is 4.45. The van der Waals surface area contributed by atoms with E-state index >= 15 is 0 Å². The largest absolute Gasteiger partial charge is 0.285 e. The Kier molecular flexibility index (Phi) is 4.53. The molecule has 4 nitrogen and oxygen atoms in total. The smallest absolute Gasteiger partial charge is 0.235 e. The number of carbonyl (C=O) groups excluding carboxylic acids is 2. The van der Waals surface area contributed by atoms with Gasteiger partial charge in [-0.25, -0.2) is 9.97 Å². The van der Waals surface area contributed by atoms with Gasteiger partial charge in [-0.1, -0.05) is 69.6 Å². The SMILES string of the molecule is O=C1C(=O)c2ccc(C(Cl)(Cl)Cl)nc2-c2nc(C(Cl)(Cl)Cl)ccc21. The van der Waals surface area contributed by atoms with Crippen molar-refractivity contribution in [2.45, 2.75) is 7.59 Å². The average molecular weight is 445 g/mol. The number of ketones is 2. The van der Waals surface area contributed by atoms with Crippen molar-refractivity contribution in [2.75, 3.05) is 0 Å². The van der Waals surface area contributed by atoms with Gasteiger partial charge in [-0.2, -0.15) is 0 Å². The molecule has 0 aliphatic heterocycles. The fourth-order valence-corrected chi connectivity index (χ4v) is 2.84. The Morgan fingerprint density at radius 1 is 0.625 bits per heavy atom. The second kappa shape index (κ2) is 5.97. The molecule has 1 aliphatic rings. The van der Waals surface area contributed by atoms with Crippen molar-refractivity contribution < 1.29 is 9.59 Å². The van der Waals surface area contributed by atoms with Gasteiger partial charge in [-0.3, -0.25) is 9.59 Å². The zero-order valence-corrected chi connectivity index (χ0v) is 15.8. The second-order valence-electron chi connectivity index (χ2n) is 4.84. The molecule has 2 aromatic rings. The first-order valence-electron chi connectivity index (χ1n) is 6.26. The molecule has 0 unspecified atom stereocenters. The predicted molar refractivity (Wildman–Crippen MR) is 94.6 cm³/mol. The Balaban J connectivity index is 2.31. The zero-order chi connectivity index (χ0) is 17.9. The molecule has 0 amide bonds. The summed E-state index contributed by atoms with van der Waals surface area (Å²) in [6, 6.07) is 5.40. The summed E-state index contributed by atoms with van der Waals surface area (Å²) in [5, 5.41) is 0. The van der Waals surface area contributed by atoms with Crippen LogP contribution in [-0.2, 0) is 7.59 Å². The molecule has 0 spiro atoms. The van der Waals surface area contributed by atoms with E-state index in [1.54, 1.807) is 0 Å². The van der Waals surface area contributed by atoms with E-state index in [1.165, 1.54) is 24.3 Å². The van der Waals surface area contributed by atoms with Crippen LogP contribution in [0.4, 0.5) is 0 Å². The van der Waals surface area contributed by atoms with Crippen molar-refractivity contribution in [3.63, 3.8) is 0 Å². The molecule has 0 saturated carbocycles. The fourth-order valence-electron chi connectivity index (χ4n) is 2.21. The minimum Gasteiger partial charge on any atom is -0.285 e. The standard InChI is InChI=1S/C14H4Cl6N2O2/c15-13(16,17)7-3-1-5-9(21-7)10-6(12(24)11(5)23)2-4-8(22-10)14(18,19)20/h1-4H. The Morgan fingerprint density at radius 2 is 0.958 bits per heavy atom. The molecule has 0 aromatic carbocycles. The van der Waals surface area contributed by atoms with Gasteiger partial charge in [0.15, 0.2) is 0 Å². The first-order chi connectivity index (χ1) is 11.0. The molecule has 0 bridgehead atoms. The quantitative estimate of drug-likeness (QED) is 0.415. The Bertz CT molecular complexity index is 812. The van der Waals surface area contributed by atoms with Crippen LogP contribution in [0.2, 0.25) is 0 Å². The summed E-state index contributed by atoms with van der Waals surface area (Å²) in [6.07, 6.45) is 0. The van der Waals surface area contributed by atoms with Crippen LogP contribution in [0.5, 0.6) is 0 Å². The van der Waals surface area contributed by atoms with Crippen molar-refractivity contribution in [2.24, 2.45) is 0 Å². The number of pyridine rings is 2. The summed E-state index contributed by atoms with van der Waals surface area (Å²) in [7, 11) is 0.